The van der Waals surface area contributed by atoms with E-state index in [1.54, 1.807) is 0 Å². The maximum atomic E-state index is 12.8. The van der Waals surface area contributed by atoms with Gasteiger partial charge in [-0.2, -0.15) is 0 Å². The van der Waals surface area contributed by atoms with Crippen LogP contribution < -0.4 is 5.32 Å². The van der Waals surface area contributed by atoms with Crippen LogP contribution in [-0.2, 0) is 28.5 Å². The quantitative estimate of drug-likeness (QED) is 0.0583. The number of ether oxygens (including phenoxy) is 4. The summed E-state index contributed by atoms with van der Waals surface area (Å²) in [6, 6.07) is 0. The minimum Gasteiger partial charge on any atom is -0.390 e. The molecule has 320 valence electrons. The van der Waals surface area contributed by atoms with Crippen LogP contribution in [0.1, 0.15) is 166 Å². The molecule has 10 atom stereocenters. The molecule has 2 aliphatic rings. The number of nitrogens with one attached hydrogen (secondary N) is 1. The Bertz CT molecular complexity index is 898. The summed E-state index contributed by atoms with van der Waals surface area (Å²) in [5.74, 6) is -0.767. The van der Waals surface area contributed by atoms with Gasteiger partial charge < -0.3 is 44.7 Å². The fourth-order valence-electron chi connectivity index (χ4n) is 7.47. The molecule has 5 N–H and O–H groups in total. The van der Waals surface area contributed by atoms with Gasteiger partial charge in [-0.15, -0.1) is 0 Å². The Morgan fingerprint density at radius 2 is 0.870 bits per heavy atom. The van der Waals surface area contributed by atoms with Crippen molar-refractivity contribution in [3.63, 3.8) is 0 Å². The highest BCUT2D eigenvalue weighted by Crippen LogP contribution is 2.35. The molecule has 0 aromatic heterocycles. The summed E-state index contributed by atoms with van der Waals surface area (Å²) in [7, 11) is 0. The van der Waals surface area contributed by atoms with Gasteiger partial charge in [0.25, 0.3) is 0 Å². The molecule has 2 aliphatic heterocycles. The zero-order valence-corrected chi connectivity index (χ0v) is 35.8. The monoisotopic (exact) mass is 774 g/mol. The summed E-state index contributed by atoms with van der Waals surface area (Å²) in [5, 5.41) is 45.2. The molecular weight excluding hydrogens is 690 g/mol. The maximum Gasteiger partial charge on any atom is 0.187 e. The Hall–Kier alpha value is -1.02. The van der Waals surface area contributed by atoms with Crippen LogP contribution in [0.5, 0.6) is 0 Å². The van der Waals surface area contributed by atoms with Gasteiger partial charge in [0.1, 0.15) is 24.4 Å². The molecule has 54 heavy (non-hydrogen) atoms. The molecule has 0 spiro atoms. The Labute approximate surface area is 329 Å². The summed E-state index contributed by atoms with van der Waals surface area (Å²) >= 11 is 0. The van der Waals surface area contributed by atoms with Crippen molar-refractivity contribution in [2.24, 2.45) is 23.7 Å². The van der Waals surface area contributed by atoms with Gasteiger partial charge in [0.15, 0.2) is 24.1 Å². The van der Waals surface area contributed by atoms with Crippen LogP contribution in [0.25, 0.3) is 0 Å². The lowest BCUT2D eigenvalue weighted by molar-refractivity contribution is -0.293. The molecule has 0 aromatic carbocycles. The second kappa shape index (κ2) is 28.4. The van der Waals surface area contributed by atoms with Crippen molar-refractivity contribution in [3.8, 4) is 0 Å². The van der Waals surface area contributed by atoms with Crippen molar-refractivity contribution in [1.82, 2.24) is 5.32 Å². The number of Topliss-reactive ketones (excluding diaryl/α,β-unsaturated/α-hetero) is 2. The van der Waals surface area contributed by atoms with E-state index in [0.29, 0.717) is 12.8 Å². The molecule has 0 amide bonds. The van der Waals surface area contributed by atoms with E-state index in [2.05, 4.69) is 19.2 Å². The van der Waals surface area contributed by atoms with Crippen molar-refractivity contribution < 1.29 is 49.0 Å². The van der Waals surface area contributed by atoms with E-state index in [-0.39, 0.29) is 35.6 Å². The highest BCUT2D eigenvalue weighted by Gasteiger charge is 2.50. The first kappa shape index (κ1) is 51.0. The van der Waals surface area contributed by atoms with E-state index >= 15 is 0 Å². The Kier molecular flexibility index (Phi) is 26.8. The van der Waals surface area contributed by atoms with Crippen molar-refractivity contribution >= 4 is 11.6 Å². The Balaban J connectivity index is 0.000000540. The predicted octanol–water partition coefficient (Wildman–Crippen LogP) is 6.88. The molecule has 2 rings (SSSR count). The Morgan fingerprint density at radius 3 is 1.24 bits per heavy atom. The van der Waals surface area contributed by atoms with Crippen LogP contribution >= 0.6 is 0 Å². The number of hydrogen-bond acceptors (Lipinski definition) is 11. The number of ketones is 2. The van der Waals surface area contributed by atoms with Crippen molar-refractivity contribution in [1.29, 1.82) is 0 Å². The summed E-state index contributed by atoms with van der Waals surface area (Å²) in [6.07, 6.45) is 7.58. The third-order valence-electron chi connectivity index (χ3n) is 10.6. The number of aliphatic hydroxyl groups excluding tert-OH is 4. The first-order valence-corrected chi connectivity index (χ1v) is 21.7. The lowest BCUT2D eigenvalue weighted by Gasteiger charge is -2.44. The molecule has 0 bridgehead atoms. The third kappa shape index (κ3) is 18.5. The first-order chi connectivity index (χ1) is 25.6. The van der Waals surface area contributed by atoms with Gasteiger partial charge in [-0.3, -0.25) is 9.59 Å². The summed E-state index contributed by atoms with van der Waals surface area (Å²) in [6.45, 7) is 21.6. The largest absolute Gasteiger partial charge is 0.390 e. The molecule has 2 saturated heterocycles. The lowest BCUT2D eigenvalue weighted by atomic mass is 9.78. The summed E-state index contributed by atoms with van der Waals surface area (Å²) < 4.78 is 22.9. The van der Waals surface area contributed by atoms with Gasteiger partial charge in [0, 0.05) is 24.7 Å². The van der Waals surface area contributed by atoms with Gasteiger partial charge >= 0.3 is 0 Å². The van der Waals surface area contributed by atoms with Crippen molar-refractivity contribution in [2.75, 3.05) is 13.1 Å². The zero-order chi connectivity index (χ0) is 40.8. The number of rotatable bonds is 26. The van der Waals surface area contributed by atoms with E-state index in [4.69, 9.17) is 18.9 Å². The molecule has 11 nitrogen and oxygen atoms in total. The minimum atomic E-state index is -1.14. The zero-order valence-electron chi connectivity index (χ0n) is 35.8. The average Bonchev–Trinajstić information content (AvgIpc) is 3.10. The van der Waals surface area contributed by atoms with Crippen LogP contribution in [0.4, 0.5) is 0 Å². The number of carbonyl (C=O) groups is 2. The molecule has 11 heteroatoms. The van der Waals surface area contributed by atoms with E-state index in [1.165, 1.54) is 44.9 Å². The minimum absolute atomic E-state index is 0.00375. The molecule has 0 aliphatic carbocycles. The molecule has 0 radical (unpaired) electrons. The van der Waals surface area contributed by atoms with Crippen LogP contribution in [-0.4, -0.2) is 106 Å². The molecule has 0 saturated carbocycles. The van der Waals surface area contributed by atoms with E-state index in [9.17, 15) is 30.0 Å². The van der Waals surface area contributed by atoms with E-state index in [1.807, 2.05) is 55.4 Å². The fraction of sp³-hybridized carbons (Fsp3) is 0.953. The van der Waals surface area contributed by atoms with Gasteiger partial charge in [0.05, 0.1) is 24.4 Å². The highest BCUT2D eigenvalue weighted by molar-refractivity contribution is 5.84. The van der Waals surface area contributed by atoms with Crippen LogP contribution in [0.2, 0.25) is 0 Å². The van der Waals surface area contributed by atoms with Crippen LogP contribution in [0.3, 0.4) is 0 Å². The first-order valence-electron chi connectivity index (χ1n) is 21.7. The average molecular weight is 774 g/mol. The topological polar surface area (TPSA) is 164 Å². The predicted molar refractivity (Wildman–Crippen MR) is 214 cm³/mol. The molecule has 0 aromatic rings. The smallest absolute Gasteiger partial charge is 0.187 e. The lowest BCUT2D eigenvalue weighted by Crippen LogP contribution is -2.59. The second-order valence-electron chi connectivity index (χ2n) is 16.9. The number of carbonyl (C=O) groups excluding carboxylic acids is 2. The van der Waals surface area contributed by atoms with Gasteiger partial charge in [0.2, 0.25) is 0 Å². The standard InChI is InChI=1S/C22H42O5.C21H41NO5/c1-6-7-8-9-10-11-12-13-14-17(23)21-18(15(2)3)19(24)20(25)22(27-21)26-16(4)5;1-6-7-12-22-13-10-8-9-11-16(23)20-17(14(2)3)18(24)19(25)21(27-20)26-15(4)5/h15-16,18-22,24-25H,6-14H2,1-5H3;14-15,17-22,24-25H,6-13H2,1-5H3. The maximum absolute atomic E-state index is 12.8. The SMILES string of the molecule is CCCCCCCCCCC(=O)C1OC(OC(C)C)C(O)C(O)C1C(C)C.CCCCNCCCCCC(=O)C1OC(OC(C)C)C(O)C(O)C1C(C)C. The van der Waals surface area contributed by atoms with Crippen molar-refractivity contribution in [2.45, 2.75) is 227 Å². The number of aliphatic hydroxyl groups is 4. The normalized spacial score (nSPS) is 28.9. The number of hydrogen-bond donors (Lipinski definition) is 5. The van der Waals surface area contributed by atoms with Crippen LogP contribution in [0, 0.1) is 23.7 Å². The van der Waals surface area contributed by atoms with E-state index in [0.717, 1.165) is 51.6 Å². The van der Waals surface area contributed by atoms with Gasteiger partial charge in [-0.05, 0) is 78.3 Å². The highest BCUT2D eigenvalue weighted by atomic mass is 16.7. The Morgan fingerprint density at radius 1 is 0.519 bits per heavy atom. The second-order valence-corrected chi connectivity index (χ2v) is 16.9. The molecule has 2 fully saturated rings. The molecule has 2 heterocycles. The van der Waals surface area contributed by atoms with Gasteiger partial charge in [-0.1, -0.05) is 99.3 Å². The summed E-state index contributed by atoms with van der Waals surface area (Å²) in [5.41, 5.74) is 0. The number of unbranched alkanes of at least 4 members (excludes halogenated alkanes) is 10. The molecule has 10 unspecified atom stereocenters. The van der Waals surface area contributed by atoms with Crippen LogP contribution in [0.15, 0.2) is 0 Å². The third-order valence-corrected chi connectivity index (χ3v) is 10.6. The van der Waals surface area contributed by atoms with Crippen molar-refractivity contribution in [3.05, 3.63) is 0 Å². The molecular formula is C43H83NO10. The van der Waals surface area contributed by atoms with E-state index < -0.39 is 61.0 Å². The summed E-state index contributed by atoms with van der Waals surface area (Å²) in [4.78, 5) is 25.6. The fourth-order valence-corrected chi connectivity index (χ4v) is 7.47. The van der Waals surface area contributed by atoms with Gasteiger partial charge in [-0.25, -0.2) is 0 Å².